The van der Waals surface area contributed by atoms with E-state index in [0.29, 0.717) is 18.8 Å². The van der Waals surface area contributed by atoms with Crippen LogP contribution in [0.5, 0.6) is 5.75 Å². The van der Waals surface area contributed by atoms with Crippen LogP contribution in [0.25, 0.3) is 0 Å². The number of carbonyl (C=O) groups is 2. The standard InChI is InChI=1S/C25H34N2O3/c1-7-11-26-25(29)21(6)27(15-22-10-8-9-17(2)13-22)24(28)16-30-23-14-18(3)12-19(4)20(23)5/h8-10,12-14,21H,7,11,15-16H2,1-6H3,(H,26,29). The molecule has 0 heterocycles. The van der Waals surface area contributed by atoms with Crippen molar-refractivity contribution in [3.8, 4) is 5.75 Å². The quantitative estimate of drug-likeness (QED) is 0.673. The van der Waals surface area contributed by atoms with Gasteiger partial charge in [0, 0.05) is 13.1 Å². The molecule has 0 aliphatic heterocycles. The maximum Gasteiger partial charge on any atom is 0.261 e. The highest BCUT2D eigenvalue weighted by atomic mass is 16.5. The molecule has 0 fully saturated rings. The summed E-state index contributed by atoms with van der Waals surface area (Å²) in [6.45, 7) is 12.6. The van der Waals surface area contributed by atoms with Crippen molar-refractivity contribution in [2.75, 3.05) is 13.2 Å². The van der Waals surface area contributed by atoms with Gasteiger partial charge in [-0.3, -0.25) is 9.59 Å². The van der Waals surface area contributed by atoms with E-state index in [1.165, 1.54) is 0 Å². The molecular weight excluding hydrogens is 376 g/mol. The molecular formula is C25H34N2O3. The van der Waals surface area contributed by atoms with Crippen molar-refractivity contribution in [2.45, 2.75) is 60.5 Å². The summed E-state index contributed by atoms with van der Waals surface area (Å²) in [6, 6.07) is 11.4. The molecule has 5 nitrogen and oxygen atoms in total. The number of carbonyl (C=O) groups excluding carboxylic acids is 2. The minimum absolute atomic E-state index is 0.110. The molecule has 2 aromatic carbocycles. The van der Waals surface area contributed by atoms with E-state index in [4.69, 9.17) is 4.74 Å². The maximum absolute atomic E-state index is 13.1. The number of amides is 2. The third-order valence-electron chi connectivity index (χ3n) is 5.27. The number of ether oxygens (including phenoxy) is 1. The van der Waals surface area contributed by atoms with Gasteiger partial charge in [0.1, 0.15) is 11.8 Å². The van der Waals surface area contributed by atoms with E-state index < -0.39 is 6.04 Å². The summed E-state index contributed by atoms with van der Waals surface area (Å²) in [5, 5.41) is 2.89. The summed E-state index contributed by atoms with van der Waals surface area (Å²) in [5.74, 6) is 0.342. The Bertz CT molecular complexity index is 892. The molecule has 0 aromatic heterocycles. The van der Waals surface area contributed by atoms with Gasteiger partial charge in [0.05, 0.1) is 0 Å². The Morgan fingerprint density at radius 2 is 1.80 bits per heavy atom. The van der Waals surface area contributed by atoms with E-state index in [0.717, 1.165) is 34.2 Å². The van der Waals surface area contributed by atoms with E-state index in [1.807, 2.05) is 65.0 Å². The SMILES string of the molecule is CCCNC(=O)C(C)N(Cc1cccc(C)c1)C(=O)COc1cc(C)cc(C)c1C. The largest absolute Gasteiger partial charge is 0.483 e. The Morgan fingerprint density at radius 3 is 2.47 bits per heavy atom. The normalized spacial score (nSPS) is 11.7. The Kier molecular flexibility index (Phi) is 8.46. The Morgan fingerprint density at radius 1 is 1.07 bits per heavy atom. The van der Waals surface area contributed by atoms with Crippen molar-refractivity contribution in [1.29, 1.82) is 0 Å². The highest BCUT2D eigenvalue weighted by molar-refractivity contribution is 5.88. The number of hydrogen-bond acceptors (Lipinski definition) is 3. The first-order chi connectivity index (χ1) is 14.2. The summed E-state index contributed by atoms with van der Waals surface area (Å²) in [6.07, 6.45) is 0.847. The van der Waals surface area contributed by atoms with Crippen LogP contribution >= 0.6 is 0 Å². The summed E-state index contributed by atoms with van der Waals surface area (Å²) in [7, 11) is 0. The highest BCUT2D eigenvalue weighted by Crippen LogP contribution is 2.23. The van der Waals surface area contributed by atoms with Gasteiger partial charge in [-0.05, 0) is 69.4 Å². The van der Waals surface area contributed by atoms with E-state index in [2.05, 4.69) is 11.4 Å². The van der Waals surface area contributed by atoms with Crippen LogP contribution in [0.2, 0.25) is 0 Å². The number of benzene rings is 2. The molecule has 2 amide bonds. The fraction of sp³-hybridized carbons (Fsp3) is 0.440. The van der Waals surface area contributed by atoms with Crippen molar-refractivity contribution in [1.82, 2.24) is 10.2 Å². The van der Waals surface area contributed by atoms with Crippen LogP contribution in [0.3, 0.4) is 0 Å². The lowest BCUT2D eigenvalue weighted by molar-refractivity contribution is -0.142. The van der Waals surface area contributed by atoms with Gasteiger partial charge >= 0.3 is 0 Å². The van der Waals surface area contributed by atoms with Crippen molar-refractivity contribution in [3.63, 3.8) is 0 Å². The Balaban J connectivity index is 2.19. The fourth-order valence-corrected chi connectivity index (χ4v) is 3.36. The fourth-order valence-electron chi connectivity index (χ4n) is 3.36. The third kappa shape index (κ3) is 6.34. The van der Waals surface area contributed by atoms with E-state index in [-0.39, 0.29) is 18.4 Å². The Hall–Kier alpha value is -2.82. The lowest BCUT2D eigenvalue weighted by Gasteiger charge is -2.29. The zero-order chi connectivity index (χ0) is 22.3. The Labute approximate surface area is 180 Å². The van der Waals surface area contributed by atoms with Crippen LogP contribution in [-0.2, 0) is 16.1 Å². The number of aryl methyl sites for hydroxylation is 3. The van der Waals surface area contributed by atoms with Crippen LogP contribution < -0.4 is 10.1 Å². The summed E-state index contributed by atoms with van der Waals surface area (Å²) < 4.78 is 5.89. The molecule has 30 heavy (non-hydrogen) atoms. The average Bonchev–Trinajstić information content (AvgIpc) is 2.71. The van der Waals surface area contributed by atoms with E-state index in [1.54, 1.807) is 11.8 Å². The molecule has 0 aliphatic rings. The van der Waals surface area contributed by atoms with Crippen molar-refractivity contribution in [3.05, 3.63) is 64.2 Å². The molecule has 5 heteroatoms. The van der Waals surface area contributed by atoms with Crippen molar-refractivity contribution >= 4 is 11.8 Å². The number of nitrogens with one attached hydrogen (secondary N) is 1. The van der Waals surface area contributed by atoms with Gasteiger partial charge in [-0.2, -0.15) is 0 Å². The van der Waals surface area contributed by atoms with Gasteiger partial charge in [0.25, 0.3) is 5.91 Å². The molecule has 1 atom stereocenters. The smallest absolute Gasteiger partial charge is 0.261 e. The minimum atomic E-state index is -0.589. The van der Waals surface area contributed by atoms with Crippen LogP contribution in [0.4, 0.5) is 0 Å². The molecule has 0 spiro atoms. The van der Waals surface area contributed by atoms with Crippen LogP contribution in [0.15, 0.2) is 36.4 Å². The average molecular weight is 411 g/mol. The third-order valence-corrected chi connectivity index (χ3v) is 5.27. The van der Waals surface area contributed by atoms with Crippen LogP contribution in [-0.4, -0.2) is 35.9 Å². The first kappa shape index (κ1) is 23.5. The van der Waals surface area contributed by atoms with Gasteiger partial charge in [0.15, 0.2) is 6.61 Å². The molecule has 1 unspecified atom stereocenters. The zero-order valence-electron chi connectivity index (χ0n) is 19.0. The first-order valence-corrected chi connectivity index (χ1v) is 10.6. The topological polar surface area (TPSA) is 58.6 Å². The molecule has 0 bridgehead atoms. The van der Waals surface area contributed by atoms with Gasteiger partial charge in [-0.1, -0.05) is 42.8 Å². The lowest BCUT2D eigenvalue weighted by Crippen LogP contribution is -2.49. The highest BCUT2D eigenvalue weighted by Gasteiger charge is 2.26. The molecule has 2 aromatic rings. The molecule has 0 radical (unpaired) electrons. The molecule has 2 rings (SSSR count). The molecule has 162 valence electrons. The predicted molar refractivity (Wildman–Crippen MR) is 121 cm³/mol. The van der Waals surface area contributed by atoms with Crippen LogP contribution in [0, 0.1) is 27.7 Å². The van der Waals surface area contributed by atoms with Gasteiger partial charge in [-0.15, -0.1) is 0 Å². The second kappa shape index (κ2) is 10.8. The summed E-state index contributed by atoms with van der Waals surface area (Å²) in [5.41, 5.74) is 5.34. The monoisotopic (exact) mass is 410 g/mol. The van der Waals surface area contributed by atoms with E-state index >= 15 is 0 Å². The number of hydrogen-bond donors (Lipinski definition) is 1. The minimum Gasteiger partial charge on any atom is -0.483 e. The van der Waals surface area contributed by atoms with Gasteiger partial charge < -0.3 is 15.0 Å². The molecule has 0 saturated heterocycles. The van der Waals surface area contributed by atoms with Crippen LogP contribution in [0.1, 0.15) is 48.1 Å². The number of rotatable bonds is 9. The van der Waals surface area contributed by atoms with Gasteiger partial charge in [0.2, 0.25) is 5.91 Å². The number of nitrogens with zero attached hydrogens (tertiary/aromatic N) is 1. The predicted octanol–water partition coefficient (Wildman–Crippen LogP) is 4.24. The lowest BCUT2D eigenvalue weighted by atomic mass is 10.1. The van der Waals surface area contributed by atoms with Crippen molar-refractivity contribution in [2.24, 2.45) is 0 Å². The van der Waals surface area contributed by atoms with Crippen molar-refractivity contribution < 1.29 is 14.3 Å². The zero-order valence-corrected chi connectivity index (χ0v) is 19.0. The van der Waals surface area contributed by atoms with Gasteiger partial charge in [-0.25, -0.2) is 0 Å². The second-order valence-electron chi connectivity index (χ2n) is 7.97. The second-order valence-corrected chi connectivity index (χ2v) is 7.97. The van der Waals surface area contributed by atoms with E-state index in [9.17, 15) is 9.59 Å². The summed E-state index contributed by atoms with van der Waals surface area (Å²) >= 11 is 0. The first-order valence-electron chi connectivity index (χ1n) is 10.6. The molecule has 0 aliphatic carbocycles. The summed E-state index contributed by atoms with van der Waals surface area (Å²) in [4.78, 5) is 27.3. The maximum atomic E-state index is 13.1. The molecule has 0 saturated carbocycles. The molecule has 1 N–H and O–H groups in total.